The van der Waals surface area contributed by atoms with Crippen LogP contribution in [0.4, 0.5) is 0 Å². The summed E-state index contributed by atoms with van der Waals surface area (Å²) in [5.74, 6) is 0. The highest BCUT2D eigenvalue weighted by Crippen LogP contribution is 2.31. The molecule has 0 saturated carbocycles. The van der Waals surface area contributed by atoms with Crippen LogP contribution in [0.5, 0.6) is 0 Å². The van der Waals surface area contributed by atoms with Crippen LogP contribution in [0.15, 0.2) is 30.7 Å². The summed E-state index contributed by atoms with van der Waals surface area (Å²) >= 11 is 9.60. The summed E-state index contributed by atoms with van der Waals surface area (Å²) in [6.45, 7) is 0.943. The molecule has 0 bridgehead atoms. The van der Waals surface area contributed by atoms with E-state index in [0.717, 1.165) is 14.2 Å². The Morgan fingerprint density at radius 2 is 1.95 bits per heavy atom. The number of rotatable bonds is 6. The maximum absolute atomic E-state index is 12.3. The molecule has 0 aliphatic carbocycles. The van der Waals surface area contributed by atoms with Gasteiger partial charge in [-0.25, -0.2) is 13.1 Å². The third-order valence-corrected chi connectivity index (χ3v) is 7.76. The Kier molecular flexibility index (Phi) is 5.80. The smallest absolute Gasteiger partial charge is 0.242 e. The Morgan fingerprint density at radius 1 is 1.20 bits per heavy atom. The highest BCUT2D eigenvalue weighted by atomic mass is 79.9. The lowest BCUT2D eigenvalue weighted by molar-refractivity contribution is 0.581. The van der Waals surface area contributed by atoms with Gasteiger partial charge in [-0.15, -0.1) is 22.7 Å². The van der Waals surface area contributed by atoms with Crippen molar-refractivity contribution in [2.24, 2.45) is 0 Å². The zero-order valence-corrected chi connectivity index (χ0v) is 16.1. The fraction of sp³-hybridized carbons (Fsp3) is 0.273. The third kappa shape index (κ3) is 4.12. The van der Waals surface area contributed by atoms with E-state index < -0.39 is 10.0 Å². The Balaban J connectivity index is 2.13. The summed E-state index contributed by atoms with van der Waals surface area (Å²) in [4.78, 5) is 2.23. The molecule has 0 fully saturated rings. The minimum atomic E-state index is -3.50. The first-order valence-electron chi connectivity index (χ1n) is 5.58. The summed E-state index contributed by atoms with van der Waals surface area (Å²) in [6, 6.07) is 3.60. The first-order chi connectivity index (χ1) is 9.42. The molecule has 2 aromatic heterocycles. The minimum absolute atomic E-state index is 0.294. The van der Waals surface area contributed by atoms with Gasteiger partial charge in [-0.3, -0.25) is 0 Å². The van der Waals surface area contributed by atoms with E-state index in [1.54, 1.807) is 6.07 Å². The Bertz CT molecular complexity index is 694. The van der Waals surface area contributed by atoms with Crippen molar-refractivity contribution in [2.45, 2.75) is 18.0 Å². The zero-order valence-electron chi connectivity index (χ0n) is 10.4. The molecule has 4 nitrogen and oxygen atoms in total. The van der Waals surface area contributed by atoms with Crippen LogP contribution < -0.4 is 10.0 Å². The molecule has 0 saturated heterocycles. The highest BCUT2D eigenvalue weighted by molar-refractivity contribution is 9.11. The molecule has 20 heavy (non-hydrogen) atoms. The molecule has 0 radical (unpaired) electrons. The molecule has 0 aromatic carbocycles. The number of nitrogens with one attached hydrogen (secondary N) is 2. The molecular formula is C11H12Br2N2O2S3. The molecule has 2 aromatic rings. The van der Waals surface area contributed by atoms with E-state index in [1.807, 2.05) is 18.5 Å². The fourth-order valence-corrected chi connectivity index (χ4v) is 6.71. The monoisotopic (exact) mass is 458 g/mol. The largest absolute Gasteiger partial charge is 0.315 e. The van der Waals surface area contributed by atoms with Gasteiger partial charge in [0.15, 0.2) is 0 Å². The molecule has 0 atom stereocenters. The second kappa shape index (κ2) is 6.99. The van der Waals surface area contributed by atoms with Crippen LogP contribution >= 0.6 is 54.5 Å². The maximum Gasteiger partial charge on any atom is 0.242 e. The molecule has 2 heterocycles. The predicted molar refractivity (Wildman–Crippen MR) is 90.8 cm³/mol. The van der Waals surface area contributed by atoms with Gasteiger partial charge in [0.2, 0.25) is 10.0 Å². The standard InChI is InChI=1S/C11H12Br2N2O2S3/c1-14-4-9-3-10(11(13)19-9)20(16,17)15-5-8-2-7(12)6-18-8/h2-3,6,14-15H,4-5H2,1H3. The molecule has 0 unspecified atom stereocenters. The van der Waals surface area contributed by atoms with Gasteiger partial charge in [0.1, 0.15) is 4.90 Å². The summed E-state index contributed by atoms with van der Waals surface area (Å²) in [7, 11) is -1.67. The highest BCUT2D eigenvalue weighted by Gasteiger charge is 2.20. The van der Waals surface area contributed by atoms with E-state index in [0.29, 0.717) is 21.8 Å². The lowest BCUT2D eigenvalue weighted by Crippen LogP contribution is -2.22. The van der Waals surface area contributed by atoms with Crippen LogP contribution in [0.1, 0.15) is 9.75 Å². The van der Waals surface area contributed by atoms with Gasteiger partial charge in [0.05, 0.1) is 3.79 Å². The molecular weight excluding hydrogens is 448 g/mol. The van der Waals surface area contributed by atoms with Crippen molar-refractivity contribution in [3.63, 3.8) is 0 Å². The molecule has 0 aliphatic rings. The van der Waals surface area contributed by atoms with Gasteiger partial charge in [-0.05, 0) is 51.0 Å². The van der Waals surface area contributed by atoms with Gasteiger partial charge < -0.3 is 5.32 Å². The van der Waals surface area contributed by atoms with Crippen molar-refractivity contribution in [3.8, 4) is 0 Å². The summed E-state index contributed by atoms with van der Waals surface area (Å²) < 4.78 is 28.8. The molecule has 110 valence electrons. The van der Waals surface area contributed by atoms with Crippen molar-refractivity contribution >= 4 is 64.6 Å². The Morgan fingerprint density at radius 3 is 2.55 bits per heavy atom. The average Bonchev–Trinajstić information content (AvgIpc) is 2.94. The first kappa shape index (κ1) is 16.6. The molecule has 0 amide bonds. The molecule has 9 heteroatoms. The van der Waals surface area contributed by atoms with Gasteiger partial charge in [0.25, 0.3) is 0 Å². The number of thiophene rings is 2. The Labute approximate surface area is 142 Å². The maximum atomic E-state index is 12.3. The second-order valence-electron chi connectivity index (χ2n) is 3.94. The van der Waals surface area contributed by atoms with Crippen molar-refractivity contribution < 1.29 is 8.42 Å². The van der Waals surface area contributed by atoms with Crippen molar-refractivity contribution in [2.75, 3.05) is 7.05 Å². The SMILES string of the molecule is CNCc1cc(S(=O)(=O)NCc2cc(Br)cs2)c(Br)s1. The van der Waals surface area contributed by atoms with Crippen molar-refractivity contribution in [1.82, 2.24) is 10.0 Å². The molecule has 0 spiro atoms. The van der Waals surface area contributed by atoms with E-state index in [4.69, 9.17) is 0 Å². The van der Waals surface area contributed by atoms with Crippen LogP contribution in [0.2, 0.25) is 0 Å². The summed E-state index contributed by atoms with van der Waals surface area (Å²) in [5.41, 5.74) is 0. The molecule has 2 N–H and O–H groups in total. The number of hydrogen-bond acceptors (Lipinski definition) is 5. The van der Waals surface area contributed by atoms with Gasteiger partial charge in [-0.1, -0.05) is 0 Å². The third-order valence-electron chi connectivity index (χ3n) is 2.41. The van der Waals surface area contributed by atoms with Crippen LogP contribution in [0, 0.1) is 0 Å². The second-order valence-corrected chi connectivity index (χ2v) is 10.0. The Hall–Kier alpha value is 0.230. The normalized spacial score (nSPS) is 11.9. The number of hydrogen-bond donors (Lipinski definition) is 2. The van der Waals surface area contributed by atoms with Crippen LogP contribution in [0.3, 0.4) is 0 Å². The van der Waals surface area contributed by atoms with E-state index >= 15 is 0 Å². The van der Waals surface area contributed by atoms with Gasteiger partial charge >= 0.3 is 0 Å². The van der Waals surface area contributed by atoms with E-state index in [9.17, 15) is 8.42 Å². The van der Waals surface area contributed by atoms with Crippen LogP contribution in [0.25, 0.3) is 0 Å². The zero-order chi connectivity index (χ0) is 14.8. The van der Waals surface area contributed by atoms with Crippen molar-refractivity contribution in [3.05, 3.63) is 35.5 Å². The van der Waals surface area contributed by atoms with E-state index in [1.165, 1.54) is 22.7 Å². The van der Waals surface area contributed by atoms with Gasteiger partial charge in [0, 0.05) is 32.7 Å². The minimum Gasteiger partial charge on any atom is -0.315 e. The summed E-state index contributed by atoms with van der Waals surface area (Å²) in [5, 5.41) is 4.93. The van der Waals surface area contributed by atoms with Gasteiger partial charge in [-0.2, -0.15) is 0 Å². The summed E-state index contributed by atoms with van der Waals surface area (Å²) in [6.07, 6.45) is 0. The average molecular weight is 460 g/mol. The lowest BCUT2D eigenvalue weighted by Gasteiger charge is -2.04. The topological polar surface area (TPSA) is 58.2 Å². The first-order valence-corrected chi connectivity index (χ1v) is 10.3. The lowest BCUT2D eigenvalue weighted by atomic mass is 10.5. The number of halogens is 2. The predicted octanol–water partition coefficient (Wildman–Crippen LogP) is 3.53. The quantitative estimate of drug-likeness (QED) is 0.694. The number of sulfonamides is 1. The van der Waals surface area contributed by atoms with Crippen LogP contribution in [-0.2, 0) is 23.1 Å². The fourth-order valence-electron chi connectivity index (χ4n) is 1.53. The van der Waals surface area contributed by atoms with Crippen molar-refractivity contribution in [1.29, 1.82) is 0 Å². The molecule has 0 aliphatic heterocycles. The van der Waals surface area contributed by atoms with E-state index in [-0.39, 0.29) is 0 Å². The van der Waals surface area contributed by atoms with E-state index in [2.05, 4.69) is 41.9 Å². The van der Waals surface area contributed by atoms with Crippen LogP contribution in [-0.4, -0.2) is 15.5 Å². The molecule has 2 rings (SSSR count).